The molecule has 0 bridgehead atoms. The van der Waals surface area contributed by atoms with Crippen LogP contribution in [-0.2, 0) is 9.59 Å². The first-order valence-corrected chi connectivity index (χ1v) is 4.18. The van der Waals surface area contributed by atoms with Gasteiger partial charge < -0.3 is 0 Å². The van der Waals surface area contributed by atoms with E-state index >= 15 is 0 Å². The summed E-state index contributed by atoms with van der Waals surface area (Å²) >= 11 is 4.89. The summed E-state index contributed by atoms with van der Waals surface area (Å²) in [7, 11) is 3.11. The number of likely N-dealkylation sites (N-methyl/N-ethyl adjacent to an activating group) is 2. The van der Waals surface area contributed by atoms with Crippen molar-refractivity contribution in [1.82, 2.24) is 9.80 Å². The average molecular weight is 198 g/mol. The maximum absolute atomic E-state index is 11.4. The van der Waals surface area contributed by atoms with Crippen molar-refractivity contribution >= 4 is 29.1 Å². The van der Waals surface area contributed by atoms with Gasteiger partial charge in [0.1, 0.15) is 5.57 Å². The molecule has 0 radical (unpaired) electrons. The summed E-state index contributed by atoms with van der Waals surface area (Å²) in [4.78, 5) is 25.5. The summed E-state index contributed by atoms with van der Waals surface area (Å²) in [5.41, 5.74) is 0.165. The van der Waals surface area contributed by atoms with Gasteiger partial charge in [-0.3, -0.25) is 19.4 Å². The van der Waals surface area contributed by atoms with E-state index in [1.54, 1.807) is 21.0 Å². The molecule has 1 saturated heterocycles. The Morgan fingerprint density at radius 3 is 1.85 bits per heavy atom. The van der Waals surface area contributed by atoms with Crippen molar-refractivity contribution < 1.29 is 9.59 Å². The molecule has 1 aliphatic heterocycles. The van der Waals surface area contributed by atoms with Crippen LogP contribution in [-0.4, -0.2) is 40.8 Å². The van der Waals surface area contributed by atoms with Crippen molar-refractivity contribution in [3.8, 4) is 0 Å². The molecule has 5 heteroatoms. The Labute approximate surface area is 81.8 Å². The van der Waals surface area contributed by atoms with Crippen LogP contribution in [0.1, 0.15) is 6.92 Å². The minimum atomic E-state index is -0.337. The van der Waals surface area contributed by atoms with E-state index in [4.69, 9.17) is 12.2 Å². The quantitative estimate of drug-likeness (QED) is 0.316. The van der Waals surface area contributed by atoms with Crippen LogP contribution in [0, 0.1) is 0 Å². The zero-order valence-electron chi connectivity index (χ0n) is 7.70. The van der Waals surface area contributed by atoms with E-state index in [0.717, 1.165) is 0 Å². The number of rotatable bonds is 0. The molecule has 0 aliphatic carbocycles. The Bertz CT molecular complexity index is 296. The third-order valence-corrected chi connectivity index (χ3v) is 2.48. The van der Waals surface area contributed by atoms with E-state index in [-0.39, 0.29) is 22.5 Å². The van der Waals surface area contributed by atoms with Crippen LogP contribution >= 0.6 is 12.2 Å². The van der Waals surface area contributed by atoms with Crippen molar-refractivity contribution in [2.45, 2.75) is 6.92 Å². The standard InChI is InChI=1S/C8H10N2O2S/c1-4-5-6(11)9(2)8(13)10(3)7(5)12/h4H,1-3H3. The molecule has 4 nitrogen and oxygen atoms in total. The van der Waals surface area contributed by atoms with E-state index in [0.29, 0.717) is 0 Å². The second kappa shape index (κ2) is 3.26. The number of hydrogen-bond donors (Lipinski definition) is 0. The molecule has 0 aromatic carbocycles. The SMILES string of the molecule is CC=C1C(=O)N(C)C(=S)N(C)C1=O. The first kappa shape index (κ1) is 9.85. The van der Waals surface area contributed by atoms with E-state index in [9.17, 15) is 9.59 Å². The Hall–Kier alpha value is -1.23. The van der Waals surface area contributed by atoms with E-state index in [1.165, 1.54) is 15.9 Å². The van der Waals surface area contributed by atoms with Gasteiger partial charge in [-0.2, -0.15) is 0 Å². The number of hydrogen-bond acceptors (Lipinski definition) is 3. The van der Waals surface area contributed by atoms with Gasteiger partial charge in [0.15, 0.2) is 5.11 Å². The molecule has 0 spiro atoms. The van der Waals surface area contributed by atoms with Crippen molar-refractivity contribution in [3.05, 3.63) is 11.6 Å². The van der Waals surface area contributed by atoms with Gasteiger partial charge >= 0.3 is 0 Å². The van der Waals surface area contributed by atoms with Gasteiger partial charge in [-0.25, -0.2) is 0 Å². The summed E-state index contributed by atoms with van der Waals surface area (Å²) < 4.78 is 0. The van der Waals surface area contributed by atoms with Crippen LogP contribution in [0.4, 0.5) is 0 Å². The van der Waals surface area contributed by atoms with Gasteiger partial charge in [0.2, 0.25) is 0 Å². The molecule has 1 heterocycles. The normalized spacial score (nSPS) is 18.4. The number of thiocarbonyl (C=S) groups is 1. The second-order valence-electron chi connectivity index (χ2n) is 2.71. The van der Waals surface area contributed by atoms with E-state index < -0.39 is 0 Å². The number of allylic oxidation sites excluding steroid dienone is 1. The highest BCUT2D eigenvalue weighted by Crippen LogP contribution is 2.13. The molecule has 13 heavy (non-hydrogen) atoms. The number of amides is 2. The smallest absolute Gasteiger partial charge is 0.265 e. The third-order valence-electron chi connectivity index (χ3n) is 1.93. The van der Waals surface area contributed by atoms with Crippen LogP contribution in [0.2, 0.25) is 0 Å². The highest BCUT2D eigenvalue weighted by atomic mass is 32.1. The van der Waals surface area contributed by atoms with Crippen molar-refractivity contribution in [3.63, 3.8) is 0 Å². The van der Waals surface area contributed by atoms with Gasteiger partial charge in [-0.05, 0) is 19.1 Å². The van der Waals surface area contributed by atoms with Crippen molar-refractivity contribution in [2.24, 2.45) is 0 Å². The molecule has 1 fully saturated rings. The lowest BCUT2D eigenvalue weighted by Crippen LogP contribution is -2.52. The maximum atomic E-state index is 11.4. The van der Waals surface area contributed by atoms with Gasteiger partial charge in [-0.1, -0.05) is 6.08 Å². The summed E-state index contributed by atoms with van der Waals surface area (Å²) in [5, 5.41) is 0.237. The number of nitrogens with zero attached hydrogens (tertiary/aromatic N) is 2. The number of carbonyl (C=O) groups is 2. The molecule has 0 aromatic rings. The zero-order valence-corrected chi connectivity index (χ0v) is 8.51. The minimum Gasteiger partial charge on any atom is -0.288 e. The molecule has 70 valence electrons. The topological polar surface area (TPSA) is 40.6 Å². The highest BCUT2D eigenvalue weighted by Gasteiger charge is 2.34. The molecule has 2 amide bonds. The second-order valence-corrected chi connectivity index (χ2v) is 3.08. The molecule has 0 aromatic heterocycles. The molecule has 0 saturated carbocycles. The molecule has 0 N–H and O–H groups in total. The Morgan fingerprint density at radius 2 is 1.54 bits per heavy atom. The van der Waals surface area contributed by atoms with Gasteiger partial charge in [0, 0.05) is 14.1 Å². The lowest BCUT2D eigenvalue weighted by Gasteiger charge is -2.31. The Kier molecular flexibility index (Phi) is 2.47. The predicted molar refractivity (Wildman–Crippen MR) is 51.9 cm³/mol. The fourth-order valence-corrected chi connectivity index (χ4v) is 1.26. The van der Waals surface area contributed by atoms with E-state index in [2.05, 4.69) is 0 Å². The van der Waals surface area contributed by atoms with Gasteiger partial charge in [0.25, 0.3) is 11.8 Å². The largest absolute Gasteiger partial charge is 0.288 e. The van der Waals surface area contributed by atoms with E-state index in [1.807, 2.05) is 0 Å². The van der Waals surface area contributed by atoms with Crippen LogP contribution in [0.25, 0.3) is 0 Å². The predicted octanol–water partition coefficient (Wildman–Crippen LogP) is 0.148. The van der Waals surface area contributed by atoms with Gasteiger partial charge in [0.05, 0.1) is 0 Å². The monoisotopic (exact) mass is 198 g/mol. The first-order chi connectivity index (χ1) is 6.00. The summed E-state index contributed by atoms with van der Waals surface area (Å²) in [6.45, 7) is 1.65. The fraction of sp³-hybridized carbons (Fsp3) is 0.375. The summed E-state index contributed by atoms with van der Waals surface area (Å²) in [6.07, 6.45) is 1.50. The number of carbonyl (C=O) groups excluding carboxylic acids is 2. The lowest BCUT2D eigenvalue weighted by molar-refractivity contribution is -0.132. The van der Waals surface area contributed by atoms with Crippen molar-refractivity contribution in [2.75, 3.05) is 14.1 Å². The summed E-state index contributed by atoms with van der Waals surface area (Å²) in [5.74, 6) is -0.675. The highest BCUT2D eigenvalue weighted by molar-refractivity contribution is 7.80. The third kappa shape index (κ3) is 1.35. The molecule has 0 atom stereocenters. The molecule has 0 unspecified atom stereocenters. The lowest BCUT2D eigenvalue weighted by atomic mass is 10.1. The molecular formula is C8H10N2O2S. The zero-order chi connectivity index (χ0) is 10.2. The van der Waals surface area contributed by atoms with Gasteiger partial charge in [-0.15, -0.1) is 0 Å². The fourth-order valence-electron chi connectivity index (χ4n) is 1.10. The average Bonchev–Trinajstić information content (AvgIpc) is 2.13. The van der Waals surface area contributed by atoms with Crippen LogP contribution in [0.5, 0.6) is 0 Å². The molecule has 1 aliphatic rings. The van der Waals surface area contributed by atoms with Crippen LogP contribution in [0.3, 0.4) is 0 Å². The first-order valence-electron chi connectivity index (χ1n) is 3.77. The minimum absolute atomic E-state index is 0.165. The molecule has 1 rings (SSSR count). The Balaban J connectivity index is 3.14. The van der Waals surface area contributed by atoms with Crippen LogP contribution < -0.4 is 0 Å². The van der Waals surface area contributed by atoms with Crippen LogP contribution in [0.15, 0.2) is 11.6 Å². The summed E-state index contributed by atoms with van der Waals surface area (Å²) in [6, 6.07) is 0. The Morgan fingerprint density at radius 1 is 1.15 bits per heavy atom. The van der Waals surface area contributed by atoms with Crippen molar-refractivity contribution in [1.29, 1.82) is 0 Å². The maximum Gasteiger partial charge on any atom is 0.265 e. The molecular weight excluding hydrogens is 188 g/mol.